The molecule has 24 heavy (non-hydrogen) atoms. The molecule has 5 nitrogen and oxygen atoms in total. The highest BCUT2D eigenvalue weighted by Gasteiger charge is 2.10. The first kappa shape index (κ1) is 17.5. The maximum Gasteiger partial charge on any atom is 0.262 e. The van der Waals surface area contributed by atoms with E-state index in [2.05, 4.69) is 5.32 Å². The normalized spacial score (nSPS) is 10.3. The van der Waals surface area contributed by atoms with Gasteiger partial charge in [-0.05, 0) is 49.2 Å². The Morgan fingerprint density at radius 1 is 1.17 bits per heavy atom. The van der Waals surface area contributed by atoms with Gasteiger partial charge in [-0.3, -0.25) is 9.59 Å². The van der Waals surface area contributed by atoms with Gasteiger partial charge in [-0.25, -0.2) is 0 Å². The molecule has 2 aromatic rings. The van der Waals surface area contributed by atoms with E-state index in [1.165, 1.54) is 0 Å². The number of rotatable bonds is 6. The van der Waals surface area contributed by atoms with Crippen LogP contribution in [-0.2, 0) is 4.79 Å². The quantitative estimate of drug-likeness (QED) is 0.629. The van der Waals surface area contributed by atoms with E-state index in [4.69, 9.17) is 10.5 Å². The van der Waals surface area contributed by atoms with Crippen LogP contribution in [0.2, 0.25) is 0 Å². The predicted molar refractivity (Wildman–Crippen MR) is 95.5 cm³/mol. The van der Waals surface area contributed by atoms with Crippen LogP contribution in [0, 0.1) is 13.8 Å². The average Bonchev–Trinajstić information content (AvgIpc) is 2.57. The molecule has 0 saturated carbocycles. The average molecular weight is 326 g/mol. The van der Waals surface area contributed by atoms with Gasteiger partial charge < -0.3 is 15.8 Å². The third-order valence-corrected chi connectivity index (χ3v) is 3.89. The minimum atomic E-state index is -0.267. The molecule has 3 N–H and O–H groups in total. The molecule has 1 amide bonds. The molecule has 126 valence electrons. The van der Waals surface area contributed by atoms with Crippen LogP contribution in [0.4, 0.5) is 11.4 Å². The summed E-state index contributed by atoms with van der Waals surface area (Å²) in [7, 11) is 0. The van der Waals surface area contributed by atoms with E-state index in [9.17, 15) is 9.59 Å². The van der Waals surface area contributed by atoms with Crippen molar-refractivity contribution >= 4 is 23.1 Å². The van der Waals surface area contributed by atoms with E-state index in [0.29, 0.717) is 23.4 Å². The van der Waals surface area contributed by atoms with E-state index < -0.39 is 0 Å². The SMILES string of the molecule is CCC(=O)c1ccc(OCC(=O)Nc2cccc(C)c2C)c(N)c1. The summed E-state index contributed by atoms with van der Waals surface area (Å²) in [5, 5.41) is 2.82. The maximum atomic E-state index is 12.1. The number of nitrogens with two attached hydrogens (primary N) is 1. The van der Waals surface area contributed by atoms with Gasteiger partial charge in [-0.15, -0.1) is 0 Å². The lowest BCUT2D eigenvalue weighted by atomic mass is 10.1. The van der Waals surface area contributed by atoms with E-state index in [1.54, 1.807) is 25.1 Å². The van der Waals surface area contributed by atoms with Crippen molar-refractivity contribution in [3.63, 3.8) is 0 Å². The molecule has 0 spiro atoms. The van der Waals surface area contributed by atoms with Crippen molar-refractivity contribution in [1.82, 2.24) is 0 Å². The monoisotopic (exact) mass is 326 g/mol. The van der Waals surface area contributed by atoms with Crippen molar-refractivity contribution in [3.8, 4) is 5.75 Å². The van der Waals surface area contributed by atoms with Gasteiger partial charge in [0.05, 0.1) is 5.69 Å². The summed E-state index contributed by atoms with van der Waals surface area (Å²) in [4.78, 5) is 23.7. The van der Waals surface area contributed by atoms with Crippen molar-refractivity contribution in [2.75, 3.05) is 17.7 Å². The van der Waals surface area contributed by atoms with Crippen LogP contribution >= 0.6 is 0 Å². The molecule has 0 heterocycles. The van der Waals surface area contributed by atoms with Crippen LogP contribution in [-0.4, -0.2) is 18.3 Å². The number of hydrogen-bond acceptors (Lipinski definition) is 4. The molecule has 2 rings (SSSR count). The molecule has 0 unspecified atom stereocenters. The van der Waals surface area contributed by atoms with Crippen LogP contribution < -0.4 is 15.8 Å². The lowest BCUT2D eigenvalue weighted by Gasteiger charge is -2.12. The Morgan fingerprint density at radius 2 is 1.92 bits per heavy atom. The van der Waals surface area contributed by atoms with Crippen LogP contribution in [0.5, 0.6) is 5.75 Å². The number of ether oxygens (including phenoxy) is 1. The number of hydrogen-bond donors (Lipinski definition) is 2. The molecular formula is C19H22N2O3. The molecular weight excluding hydrogens is 304 g/mol. The Morgan fingerprint density at radius 3 is 2.58 bits per heavy atom. The molecule has 0 saturated heterocycles. The first-order valence-electron chi connectivity index (χ1n) is 7.84. The van der Waals surface area contributed by atoms with Crippen LogP contribution in [0.1, 0.15) is 34.8 Å². The maximum absolute atomic E-state index is 12.1. The van der Waals surface area contributed by atoms with E-state index in [1.807, 2.05) is 32.0 Å². The van der Waals surface area contributed by atoms with Crippen molar-refractivity contribution in [1.29, 1.82) is 0 Å². The first-order valence-corrected chi connectivity index (χ1v) is 7.84. The van der Waals surface area contributed by atoms with Gasteiger partial charge in [0.2, 0.25) is 0 Å². The number of aryl methyl sites for hydroxylation is 1. The van der Waals surface area contributed by atoms with Gasteiger partial charge >= 0.3 is 0 Å². The molecule has 0 aromatic heterocycles. The zero-order valence-electron chi connectivity index (χ0n) is 14.2. The number of nitrogen functional groups attached to an aromatic ring is 1. The van der Waals surface area contributed by atoms with Gasteiger partial charge in [0, 0.05) is 17.7 Å². The summed E-state index contributed by atoms with van der Waals surface area (Å²) < 4.78 is 5.46. The zero-order chi connectivity index (χ0) is 17.7. The van der Waals surface area contributed by atoms with E-state index >= 15 is 0 Å². The standard InChI is InChI=1S/C19H22N2O3/c1-4-17(22)14-8-9-18(15(20)10-14)24-11-19(23)21-16-7-5-6-12(2)13(16)3/h5-10H,4,11,20H2,1-3H3,(H,21,23). The van der Waals surface area contributed by atoms with Gasteiger partial charge in [0.15, 0.2) is 12.4 Å². The molecule has 5 heteroatoms. The number of ketones is 1. The smallest absolute Gasteiger partial charge is 0.262 e. The summed E-state index contributed by atoms with van der Waals surface area (Å²) in [6.45, 7) is 5.58. The van der Waals surface area contributed by atoms with E-state index in [-0.39, 0.29) is 18.3 Å². The number of benzene rings is 2. The van der Waals surface area contributed by atoms with Crippen molar-refractivity contribution in [2.45, 2.75) is 27.2 Å². The van der Waals surface area contributed by atoms with Crippen molar-refractivity contribution in [2.24, 2.45) is 0 Å². The lowest BCUT2D eigenvalue weighted by molar-refractivity contribution is -0.118. The number of Topliss-reactive ketones (excluding diaryl/α,β-unsaturated/α-hetero) is 1. The first-order chi connectivity index (χ1) is 11.4. The summed E-state index contributed by atoms with van der Waals surface area (Å²) in [5.41, 5.74) is 9.66. The number of carbonyl (C=O) groups excluding carboxylic acids is 2. The fourth-order valence-electron chi connectivity index (χ4n) is 2.27. The Hall–Kier alpha value is -2.82. The molecule has 0 atom stereocenters. The van der Waals surface area contributed by atoms with E-state index in [0.717, 1.165) is 16.8 Å². The summed E-state index contributed by atoms with van der Waals surface area (Å²) in [6.07, 6.45) is 0.415. The molecule has 0 aliphatic carbocycles. The second-order valence-electron chi connectivity index (χ2n) is 5.61. The molecule has 2 aromatic carbocycles. The Bertz CT molecular complexity index is 769. The van der Waals surface area contributed by atoms with Gasteiger partial charge in [-0.1, -0.05) is 19.1 Å². The number of nitrogens with one attached hydrogen (secondary N) is 1. The highest BCUT2D eigenvalue weighted by molar-refractivity contribution is 5.97. The minimum absolute atomic E-state index is 0.0147. The Balaban J connectivity index is 1.99. The minimum Gasteiger partial charge on any atom is -0.482 e. The van der Waals surface area contributed by atoms with Crippen LogP contribution in [0.15, 0.2) is 36.4 Å². The van der Waals surface area contributed by atoms with Gasteiger partial charge in [-0.2, -0.15) is 0 Å². The summed E-state index contributed by atoms with van der Waals surface area (Å²) in [6, 6.07) is 10.6. The summed E-state index contributed by atoms with van der Waals surface area (Å²) >= 11 is 0. The second kappa shape index (κ2) is 7.64. The topological polar surface area (TPSA) is 81.4 Å². The fraction of sp³-hybridized carbons (Fsp3) is 0.263. The Labute approximate surface area is 141 Å². The highest BCUT2D eigenvalue weighted by atomic mass is 16.5. The third kappa shape index (κ3) is 4.13. The van der Waals surface area contributed by atoms with Crippen LogP contribution in [0.3, 0.4) is 0 Å². The van der Waals surface area contributed by atoms with Gasteiger partial charge in [0.25, 0.3) is 5.91 Å². The number of amides is 1. The molecule has 0 aliphatic rings. The zero-order valence-corrected chi connectivity index (χ0v) is 14.2. The molecule has 0 fully saturated rings. The number of carbonyl (C=O) groups is 2. The van der Waals surface area contributed by atoms with Crippen LogP contribution in [0.25, 0.3) is 0 Å². The summed E-state index contributed by atoms with van der Waals surface area (Å²) in [5.74, 6) is 0.136. The highest BCUT2D eigenvalue weighted by Crippen LogP contribution is 2.23. The second-order valence-corrected chi connectivity index (χ2v) is 5.61. The lowest BCUT2D eigenvalue weighted by Crippen LogP contribution is -2.21. The third-order valence-electron chi connectivity index (χ3n) is 3.89. The molecule has 0 aliphatic heterocycles. The predicted octanol–water partition coefficient (Wildman–Crippen LogP) is 3.50. The molecule has 0 bridgehead atoms. The fourth-order valence-corrected chi connectivity index (χ4v) is 2.27. The number of anilines is 2. The van der Waals surface area contributed by atoms with Crippen molar-refractivity contribution in [3.05, 3.63) is 53.1 Å². The molecule has 0 radical (unpaired) electrons. The van der Waals surface area contributed by atoms with Gasteiger partial charge in [0.1, 0.15) is 5.75 Å². The largest absolute Gasteiger partial charge is 0.482 e. The van der Waals surface area contributed by atoms with Crippen molar-refractivity contribution < 1.29 is 14.3 Å². The Kier molecular flexibility index (Phi) is 5.58.